The van der Waals surface area contributed by atoms with E-state index in [1.165, 1.54) is 12.1 Å². The van der Waals surface area contributed by atoms with Gasteiger partial charge in [0.1, 0.15) is 5.60 Å². The number of amides is 1. The van der Waals surface area contributed by atoms with Crippen molar-refractivity contribution in [3.05, 3.63) is 35.4 Å². The van der Waals surface area contributed by atoms with E-state index >= 15 is 0 Å². The Labute approximate surface area is 149 Å². The second kappa shape index (κ2) is 7.17. The minimum absolute atomic E-state index is 0.0520. The van der Waals surface area contributed by atoms with Crippen molar-refractivity contribution < 1.29 is 17.9 Å². The molecule has 1 amide bonds. The van der Waals surface area contributed by atoms with E-state index in [4.69, 9.17) is 9.88 Å². The molecule has 0 bridgehead atoms. The van der Waals surface area contributed by atoms with Gasteiger partial charge in [0, 0.05) is 0 Å². The predicted molar refractivity (Wildman–Crippen MR) is 97.4 cm³/mol. The van der Waals surface area contributed by atoms with Crippen molar-refractivity contribution in [2.24, 2.45) is 11.1 Å². The minimum atomic E-state index is -3.78. The lowest BCUT2D eigenvalue weighted by Gasteiger charge is -2.23. The first-order chi connectivity index (χ1) is 11.5. The lowest BCUT2D eigenvalue weighted by Crippen LogP contribution is -2.34. The highest BCUT2D eigenvalue weighted by molar-refractivity contribution is 7.89. The van der Waals surface area contributed by atoms with Crippen LogP contribution in [0.3, 0.4) is 0 Å². The summed E-state index contributed by atoms with van der Waals surface area (Å²) in [5, 5.41) is 8.01. The van der Waals surface area contributed by atoms with Gasteiger partial charge >= 0.3 is 6.09 Å². The number of alkyl carbamates (subject to hydrolysis) is 1. The number of carbonyl (C=O) groups excluding carboxylic acids is 1. The molecule has 0 unspecified atom stereocenters. The predicted octanol–water partition coefficient (Wildman–Crippen LogP) is 3.34. The molecule has 1 saturated carbocycles. The minimum Gasteiger partial charge on any atom is -0.444 e. The zero-order valence-corrected chi connectivity index (χ0v) is 15.9. The van der Waals surface area contributed by atoms with Gasteiger partial charge in [-0.1, -0.05) is 18.2 Å². The van der Waals surface area contributed by atoms with Crippen LogP contribution in [-0.2, 0) is 14.8 Å². The Bertz CT molecular complexity index is 775. The highest BCUT2D eigenvalue weighted by Gasteiger charge is 2.21. The zero-order valence-electron chi connectivity index (χ0n) is 15.1. The molecular formula is C18H26N2O4S. The van der Waals surface area contributed by atoms with Gasteiger partial charge in [0.25, 0.3) is 0 Å². The molecule has 1 aliphatic carbocycles. The van der Waals surface area contributed by atoms with Crippen molar-refractivity contribution in [3.8, 4) is 0 Å². The van der Waals surface area contributed by atoms with E-state index in [1.54, 1.807) is 26.8 Å². The molecule has 1 atom stereocenters. The van der Waals surface area contributed by atoms with E-state index in [0.717, 1.165) is 24.0 Å². The molecule has 0 heterocycles. The van der Waals surface area contributed by atoms with Crippen molar-refractivity contribution in [1.29, 1.82) is 0 Å². The fourth-order valence-electron chi connectivity index (χ4n) is 2.36. The average Bonchev–Trinajstić information content (AvgIpc) is 3.25. The van der Waals surface area contributed by atoms with Crippen molar-refractivity contribution in [2.45, 2.75) is 57.1 Å². The van der Waals surface area contributed by atoms with Gasteiger partial charge in [0.15, 0.2) is 0 Å². The van der Waals surface area contributed by atoms with Crippen LogP contribution in [0.4, 0.5) is 4.79 Å². The lowest BCUT2D eigenvalue weighted by atomic mass is 10.0. The Balaban J connectivity index is 2.26. The van der Waals surface area contributed by atoms with Crippen molar-refractivity contribution >= 4 is 22.2 Å². The Morgan fingerprint density at radius 3 is 2.52 bits per heavy atom. The highest BCUT2D eigenvalue weighted by atomic mass is 32.2. The Morgan fingerprint density at radius 1 is 1.36 bits per heavy atom. The number of primary sulfonamides is 1. The number of nitrogens with two attached hydrogens (primary N) is 1. The summed E-state index contributed by atoms with van der Waals surface area (Å²) in [5.41, 5.74) is 0.938. The number of benzene rings is 1. The summed E-state index contributed by atoms with van der Waals surface area (Å²) in [4.78, 5) is 12.0. The van der Waals surface area contributed by atoms with Crippen molar-refractivity contribution in [3.63, 3.8) is 0 Å². The summed E-state index contributed by atoms with van der Waals surface area (Å²) in [6.45, 7) is 7.20. The second-order valence-electron chi connectivity index (χ2n) is 7.40. The van der Waals surface area contributed by atoms with Crippen molar-refractivity contribution in [2.75, 3.05) is 0 Å². The van der Waals surface area contributed by atoms with Gasteiger partial charge in [0.05, 0.1) is 10.9 Å². The van der Waals surface area contributed by atoms with Crippen LogP contribution in [0, 0.1) is 5.92 Å². The van der Waals surface area contributed by atoms with Gasteiger partial charge in [-0.15, -0.1) is 0 Å². The number of hydrogen-bond donors (Lipinski definition) is 2. The van der Waals surface area contributed by atoms with Gasteiger partial charge in [-0.3, -0.25) is 0 Å². The molecule has 0 aliphatic heterocycles. The van der Waals surface area contributed by atoms with Crippen LogP contribution in [0.2, 0.25) is 0 Å². The fourth-order valence-corrected chi connectivity index (χ4v) is 2.91. The molecule has 1 aromatic carbocycles. The van der Waals surface area contributed by atoms with E-state index < -0.39 is 21.7 Å². The summed E-state index contributed by atoms with van der Waals surface area (Å²) in [6.07, 6.45) is 5.73. The molecule has 1 fully saturated rings. The maximum atomic E-state index is 12.0. The van der Waals surface area contributed by atoms with E-state index in [1.807, 2.05) is 13.0 Å². The number of carbonyl (C=O) groups is 1. The number of ether oxygens (including phenoxy) is 1. The topological polar surface area (TPSA) is 98.5 Å². The van der Waals surface area contributed by atoms with Crippen LogP contribution in [-0.4, -0.2) is 20.1 Å². The van der Waals surface area contributed by atoms with E-state index in [9.17, 15) is 13.2 Å². The molecule has 138 valence electrons. The van der Waals surface area contributed by atoms with Gasteiger partial charge in [-0.25, -0.2) is 18.4 Å². The van der Waals surface area contributed by atoms with Crippen LogP contribution >= 0.6 is 0 Å². The third kappa shape index (κ3) is 6.17. The number of allylic oxidation sites excluding steroid dienone is 1. The average molecular weight is 366 g/mol. The smallest absolute Gasteiger partial charge is 0.408 e. The molecule has 0 saturated heterocycles. The van der Waals surface area contributed by atoms with E-state index in [2.05, 4.69) is 11.4 Å². The summed E-state index contributed by atoms with van der Waals surface area (Å²) in [5.74, 6) is 0.542. The fraction of sp³-hybridized carbons (Fsp3) is 0.500. The van der Waals surface area contributed by atoms with Crippen LogP contribution in [0.5, 0.6) is 0 Å². The maximum absolute atomic E-state index is 12.0. The largest absolute Gasteiger partial charge is 0.444 e. The molecule has 25 heavy (non-hydrogen) atoms. The molecule has 0 spiro atoms. The summed E-state index contributed by atoms with van der Waals surface area (Å²) < 4.78 is 28.5. The molecular weight excluding hydrogens is 340 g/mol. The van der Waals surface area contributed by atoms with Crippen LogP contribution in [0.15, 0.2) is 29.2 Å². The van der Waals surface area contributed by atoms with Gasteiger partial charge < -0.3 is 10.1 Å². The maximum Gasteiger partial charge on any atom is 0.408 e. The third-order valence-corrected chi connectivity index (χ3v) is 4.67. The first kappa shape index (κ1) is 19.5. The normalized spacial score (nSPS) is 16.7. The molecule has 0 radical (unpaired) electrons. The quantitative estimate of drug-likeness (QED) is 0.835. The first-order valence-electron chi connectivity index (χ1n) is 8.30. The summed E-state index contributed by atoms with van der Waals surface area (Å²) in [6, 6.07) is 4.32. The zero-order chi connectivity index (χ0) is 18.8. The third-order valence-electron chi connectivity index (χ3n) is 3.76. The van der Waals surface area contributed by atoms with Gasteiger partial charge in [-0.2, -0.15) is 0 Å². The Kier molecular flexibility index (Phi) is 5.58. The standard InChI is InChI=1S/C18H26N2O4S/c1-12(20-17(21)24-18(2,3)4)16-10-9-15(25(19,22)23)11-14(16)8-7-13-5-6-13/h7-13H,5-6H2,1-4H3,(H,20,21)(H2,19,22,23)/b8-7+/t12-/m1/s1. The lowest BCUT2D eigenvalue weighted by molar-refractivity contribution is 0.0508. The Morgan fingerprint density at radius 2 is 2.00 bits per heavy atom. The first-order valence-corrected chi connectivity index (χ1v) is 9.85. The van der Waals surface area contributed by atoms with Crippen LogP contribution < -0.4 is 10.5 Å². The van der Waals surface area contributed by atoms with Gasteiger partial charge in [0.2, 0.25) is 10.0 Å². The molecule has 3 N–H and O–H groups in total. The molecule has 2 rings (SSSR count). The molecule has 6 nitrogen and oxygen atoms in total. The number of hydrogen-bond acceptors (Lipinski definition) is 4. The molecule has 1 aromatic rings. The second-order valence-corrected chi connectivity index (χ2v) is 8.96. The summed E-state index contributed by atoms with van der Waals surface area (Å²) >= 11 is 0. The van der Waals surface area contributed by atoms with Crippen molar-refractivity contribution in [1.82, 2.24) is 5.32 Å². The van der Waals surface area contributed by atoms with Crippen LogP contribution in [0.25, 0.3) is 6.08 Å². The number of nitrogens with one attached hydrogen (secondary N) is 1. The van der Waals surface area contributed by atoms with Crippen LogP contribution in [0.1, 0.15) is 57.7 Å². The van der Waals surface area contributed by atoms with E-state index in [0.29, 0.717) is 5.92 Å². The van der Waals surface area contributed by atoms with E-state index in [-0.39, 0.29) is 10.9 Å². The van der Waals surface area contributed by atoms with Gasteiger partial charge in [-0.05, 0) is 69.7 Å². The molecule has 1 aliphatic rings. The Hall–Kier alpha value is -1.86. The molecule has 0 aromatic heterocycles. The number of rotatable bonds is 5. The monoisotopic (exact) mass is 366 g/mol. The number of sulfonamides is 1. The molecule has 7 heteroatoms. The highest BCUT2D eigenvalue weighted by Crippen LogP contribution is 2.32. The SMILES string of the molecule is C[C@@H](NC(=O)OC(C)(C)C)c1ccc(S(N)(=O)=O)cc1/C=C/C1CC1. The summed E-state index contributed by atoms with van der Waals surface area (Å²) in [7, 11) is -3.78.